The fourth-order valence-electron chi connectivity index (χ4n) is 1.56. The molecule has 0 aromatic rings. The van der Waals surface area contributed by atoms with Gasteiger partial charge in [-0.1, -0.05) is 27.2 Å². The molecule has 1 nitrogen and oxygen atoms in total. The summed E-state index contributed by atoms with van der Waals surface area (Å²) in [5, 5.41) is 0. The molecule has 1 fully saturated rings. The van der Waals surface area contributed by atoms with Crippen LogP contribution in [0.1, 0.15) is 33.6 Å². The SMILES string of the molecule is CCC1CN(CCC(C)C)C1. The molecule has 0 radical (unpaired) electrons. The van der Waals surface area contributed by atoms with Crippen LogP contribution in [-0.4, -0.2) is 24.5 Å². The quantitative estimate of drug-likeness (QED) is 0.602. The summed E-state index contributed by atoms with van der Waals surface area (Å²) in [6.07, 6.45) is 2.74. The van der Waals surface area contributed by atoms with Crippen molar-refractivity contribution in [2.45, 2.75) is 33.6 Å². The van der Waals surface area contributed by atoms with Crippen molar-refractivity contribution in [3.8, 4) is 0 Å². The van der Waals surface area contributed by atoms with E-state index >= 15 is 0 Å². The highest BCUT2D eigenvalue weighted by Gasteiger charge is 2.23. The second kappa shape index (κ2) is 4.10. The summed E-state index contributed by atoms with van der Waals surface area (Å²) in [6.45, 7) is 11.0. The average molecular weight is 155 g/mol. The summed E-state index contributed by atoms with van der Waals surface area (Å²) in [4.78, 5) is 2.58. The molecule has 1 heteroatoms. The van der Waals surface area contributed by atoms with Crippen LogP contribution in [0.15, 0.2) is 0 Å². The van der Waals surface area contributed by atoms with Crippen molar-refractivity contribution in [3.05, 3.63) is 0 Å². The van der Waals surface area contributed by atoms with Crippen LogP contribution in [-0.2, 0) is 0 Å². The lowest BCUT2D eigenvalue weighted by atomic mass is 9.96. The van der Waals surface area contributed by atoms with Crippen molar-refractivity contribution in [1.29, 1.82) is 0 Å². The van der Waals surface area contributed by atoms with E-state index in [1.165, 1.54) is 32.5 Å². The van der Waals surface area contributed by atoms with Gasteiger partial charge in [-0.05, 0) is 24.8 Å². The minimum Gasteiger partial charge on any atom is -0.303 e. The van der Waals surface area contributed by atoms with Crippen LogP contribution < -0.4 is 0 Å². The molecule has 0 aromatic heterocycles. The standard InChI is InChI=1S/C10H21N/c1-4-10-7-11(8-10)6-5-9(2)3/h9-10H,4-8H2,1-3H3. The van der Waals surface area contributed by atoms with E-state index in [1.54, 1.807) is 0 Å². The summed E-state index contributed by atoms with van der Waals surface area (Å²) in [7, 11) is 0. The fourth-order valence-corrected chi connectivity index (χ4v) is 1.56. The lowest BCUT2D eigenvalue weighted by Crippen LogP contribution is -2.46. The molecule has 0 aliphatic carbocycles. The highest BCUT2D eigenvalue weighted by atomic mass is 15.2. The second-order valence-electron chi connectivity index (χ2n) is 4.22. The molecule has 66 valence electrons. The molecule has 0 bridgehead atoms. The number of rotatable bonds is 4. The van der Waals surface area contributed by atoms with Gasteiger partial charge < -0.3 is 4.90 Å². The Morgan fingerprint density at radius 2 is 2.00 bits per heavy atom. The average Bonchev–Trinajstić information content (AvgIpc) is 1.84. The van der Waals surface area contributed by atoms with Crippen LogP contribution in [0.25, 0.3) is 0 Å². The van der Waals surface area contributed by atoms with Crippen molar-refractivity contribution in [3.63, 3.8) is 0 Å². The van der Waals surface area contributed by atoms with Crippen molar-refractivity contribution < 1.29 is 0 Å². The predicted octanol–water partition coefficient (Wildman–Crippen LogP) is 2.37. The van der Waals surface area contributed by atoms with Gasteiger partial charge in [-0.25, -0.2) is 0 Å². The Morgan fingerprint density at radius 3 is 2.45 bits per heavy atom. The second-order valence-corrected chi connectivity index (χ2v) is 4.22. The van der Waals surface area contributed by atoms with Gasteiger partial charge in [0, 0.05) is 13.1 Å². The maximum atomic E-state index is 2.58. The van der Waals surface area contributed by atoms with Crippen LogP contribution in [0, 0.1) is 11.8 Å². The molecule has 1 aliphatic heterocycles. The summed E-state index contributed by atoms with van der Waals surface area (Å²) in [5.74, 6) is 1.89. The number of nitrogens with zero attached hydrogens (tertiary/aromatic N) is 1. The minimum atomic E-state index is 0.871. The van der Waals surface area contributed by atoms with E-state index in [9.17, 15) is 0 Å². The third-order valence-electron chi connectivity index (χ3n) is 2.63. The van der Waals surface area contributed by atoms with Crippen molar-refractivity contribution in [2.75, 3.05) is 19.6 Å². The van der Waals surface area contributed by atoms with Gasteiger partial charge in [-0.15, -0.1) is 0 Å². The van der Waals surface area contributed by atoms with Crippen molar-refractivity contribution in [2.24, 2.45) is 11.8 Å². The van der Waals surface area contributed by atoms with Gasteiger partial charge in [0.15, 0.2) is 0 Å². The van der Waals surface area contributed by atoms with E-state index in [1.807, 2.05) is 0 Å². The minimum absolute atomic E-state index is 0.871. The summed E-state index contributed by atoms with van der Waals surface area (Å²) < 4.78 is 0. The van der Waals surface area contributed by atoms with Gasteiger partial charge >= 0.3 is 0 Å². The summed E-state index contributed by atoms with van der Waals surface area (Å²) in [6, 6.07) is 0. The first kappa shape index (κ1) is 9.05. The van der Waals surface area contributed by atoms with E-state index in [2.05, 4.69) is 25.7 Å². The Balaban J connectivity index is 1.96. The third-order valence-corrected chi connectivity index (χ3v) is 2.63. The maximum absolute atomic E-state index is 2.58. The summed E-state index contributed by atoms with van der Waals surface area (Å²) >= 11 is 0. The molecule has 1 rings (SSSR count). The van der Waals surface area contributed by atoms with Crippen LogP contribution in [0.3, 0.4) is 0 Å². The number of hydrogen-bond acceptors (Lipinski definition) is 1. The van der Waals surface area contributed by atoms with E-state index in [0.29, 0.717) is 0 Å². The highest BCUT2D eigenvalue weighted by molar-refractivity contribution is 4.78. The molecule has 0 aromatic carbocycles. The topological polar surface area (TPSA) is 3.24 Å². The van der Waals surface area contributed by atoms with Gasteiger partial charge in [0.2, 0.25) is 0 Å². The third kappa shape index (κ3) is 2.82. The van der Waals surface area contributed by atoms with Gasteiger partial charge in [0.25, 0.3) is 0 Å². The zero-order valence-electron chi connectivity index (χ0n) is 8.14. The molecule has 1 heterocycles. The Kier molecular flexibility index (Phi) is 3.38. The molecule has 0 spiro atoms. The first-order valence-electron chi connectivity index (χ1n) is 4.94. The fraction of sp³-hybridized carbons (Fsp3) is 1.00. The zero-order chi connectivity index (χ0) is 8.27. The van der Waals surface area contributed by atoms with Gasteiger partial charge in [0.05, 0.1) is 0 Å². The molecule has 11 heavy (non-hydrogen) atoms. The number of likely N-dealkylation sites (tertiary alicyclic amines) is 1. The zero-order valence-corrected chi connectivity index (χ0v) is 8.14. The van der Waals surface area contributed by atoms with Gasteiger partial charge in [-0.2, -0.15) is 0 Å². The van der Waals surface area contributed by atoms with Crippen LogP contribution in [0.2, 0.25) is 0 Å². The van der Waals surface area contributed by atoms with E-state index in [4.69, 9.17) is 0 Å². The Bertz CT molecular complexity index is 103. The van der Waals surface area contributed by atoms with E-state index < -0.39 is 0 Å². The molecule has 1 saturated heterocycles. The molecular formula is C10H21N. The van der Waals surface area contributed by atoms with Crippen LogP contribution >= 0.6 is 0 Å². The van der Waals surface area contributed by atoms with Crippen LogP contribution in [0.5, 0.6) is 0 Å². The maximum Gasteiger partial charge on any atom is 0.00219 e. The summed E-state index contributed by atoms with van der Waals surface area (Å²) in [5.41, 5.74) is 0. The normalized spacial score (nSPS) is 20.7. The van der Waals surface area contributed by atoms with Crippen molar-refractivity contribution >= 4 is 0 Å². The predicted molar refractivity (Wildman–Crippen MR) is 49.7 cm³/mol. The first-order chi connectivity index (χ1) is 5.22. The van der Waals surface area contributed by atoms with Crippen LogP contribution in [0.4, 0.5) is 0 Å². The highest BCUT2D eigenvalue weighted by Crippen LogP contribution is 2.19. The lowest BCUT2D eigenvalue weighted by molar-refractivity contribution is 0.0925. The molecule has 0 amide bonds. The smallest absolute Gasteiger partial charge is 0.00219 e. The largest absolute Gasteiger partial charge is 0.303 e. The Hall–Kier alpha value is -0.0400. The molecule has 1 aliphatic rings. The van der Waals surface area contributed by atoms with Gasteiger partial charge in [0.1, 0.15) is 0 Å². The van der Waals surface area contributed by atoms with E-state index in [-0.39, 0.29) is 0 Å². The molecule has 0 saturated carbocycles. The number of hydrogen-bond donors (Lipinski definition) is 0. The Labute approximate surface area is 70.8 Å². The molecule has 0 atom stereocenters. The lowest BCUT2D eigenvalue weighted by Gasteiger charge is -2.39. The monoisotopic (exact) mass is 155 g/mol. The van der Waals surface area contributed by atoms with E-state index in [0.717, 1.165) is 11.8 Å². The first-order valence-corrected chi connectivity index (χ1v) is 4.94. The van der Waals surface area contributed by atoms with Gasteiger partial charge in [-0.3, -0.25) is 0 Å². The van der Waals surface area contributed by atoms with Crippen molar-refractivity contribution in [1.82, 2.24) is 4.90 Å². The molecule has 0 N–H and O–H groups in total. The Morgan fingerprint density at radius 1 is 1.36 bits per heavy atom. The molecular weight excluding hydrogens is 134 g/mol. The molecule has 0 unspecified atom stereocenters.